The molecule has 1 atom stereocenters. The van der Waals surface area contributed by atoms with E-state index in [0.717, 1.165) is 37.5 Å². The van der Waals surface area contributed by atoms with Crippen molar-refractivity contribution >= 4 is 17.2 Å². The highest BCUT2D eigenvalue weighted by atomic mass is 32.1. The van der Waals surface area contributed by atoms with Crippen LogP contribution in [-0.2, 0) is 17.6 Å². The van der Waals surface area contributed by atoms with Gasteiger partial charge in [-0.1, -0.05) is 18.2 Å². The number of aromatic nitrogens is 1. The van der Waals surface area contributed by atoms with Gasteiger partial charge < -0.3 is 4.74 Å². The summed E-state index contributed by atoms with van der Waals surface area (Å²) in [5.74, 6) is 0.837. The molecule has 102 valence electrons. The third kappa shape index (κ3) is 1.86. The fourth-order valence-electron chi connectivity index (χ4n) is 3.34. The molecular weight excluding hydrogens is 268 g/mol. The average Bonchev–Trinajstić information content (AvgIpc) is 3.09. The van der Waals surface area contributed by atoms with Gasteiger partial charge in [0.2, 0.25) is 0 Å². The number of aliphatic imine (C=N–C) groups is 1. The standard InChI is InChI=1S/C16H16N2OS/c1-11-18-16(9-19-11)6-5-13-12(7-16)3-2-4-14(13)15-8-20-10-17-15/h2-4,8,10H,5-7,9H2,1H3. The summed E-state index contributed by atoms with van der Waals surface area (Å²) in [7, 11) is 0. The van der Waals surface area contributed by atoms with Crippen LogP contribution in [0.25, 0.3) is 11.3 Å². The largest absolute Gasteiger partial charge is 0.479 e. The molecule has 0 N–H and O–H groups in total. The van der Waals surface area contributed by atoms with Crippen molar-refractivity contribution in [3.8, 4) is 11.3 Å². The minimum Gasteiger partial charge on any atom is -0.479 e. The van der Waals surface area contributed by atoms with Crippen molar-refractivity contribution in [2.24, 2.45) is 4.99 Å². The maximum absolute atomic E-state index is 5.60. The fourth-order valence-corrected chi connectivity index (χ4v) is 3.89. The molecule has 1 aromatic carbocycles. The Labute approximate surface area is 122 Å². The van der Waals surface area contributed by atoms with E-state index < -0.39 is 0 Å². The molecule has 1 unspecified atom stereocenters. The zero-order chi connectivity index (χ0) is 13.6. The lowest BCUT2D eigenvalue weighted by Gasteiger charge is -2.31. The van der Waals surface area contributed by atoms with E-state index in [1.54, 1.807) is 11.3 Å². The van der Waals surface area contributed by atoms with Crippen molar-refractivity contribution < 1.29 is 4.74 Å². The Morgan fingerprint density at radius 3 is 3.05 bits per heavy atom. The van der Waals surface area contributed by atoms with Crippen LogP contribution in [0.2, 0.25) is 0 Å². The molecule has 0 radical (unpaired) electrons. The number of thiazole rings is 1. The van der Waals surface area contributed by atoms with Crippen LogP contribution >= 0.6 is 11.3 Å². The molecule has 1 aromatic heterocycles. The van der Waals surface area contributed by atoms with Crippen LogP contribution in [0.4, 0.5) is 0 Å². The van der Waals surface area contributed by atoms with Crippen LogP contribution in [0, 0.1) is 0 Å². The molecule has 0 saturated carbocycles. The maximum Gasteiger partial charge on any atom is 0.180 e. The number of hydrogen-bond donors (Lipinski definition) is 0. The summed E-state index contributed by atoms with van der Waals surface area (Å²) in [5.41, 5.74) is 7.13. The summed E-state index contributed by atoms with van der Waals surface area (Å²) < 4.78 is 5.60. The summed E-state index contributed by atoms with van der Waals surface area (Å²) >= 11 is 1.65. The van der Waals surface area contributed by atoms with Crippen molar-refractivity contribution in [2.45, 2.75) is 31.7 Å². The monoisotopic (exact) mass is 284 g/mol. The number of nitrogens with zero attached hydrogens (tertiary/aromatic N) is 2. The minimum atomic E-state index is -0.0161. The van der Waals surface area contributed by atoms with Gasteiger partial charge in [-0.15, -0.1) is 11.3 Å². The van der Waals surface area contributed by atoms with Gasteiger partial charge in [-0.25, -0.2) is 9.98 Å². The first-order valence-corrected chi connectivity index (χ1v) is 7.89. The highest BCUT2D eigenvalue weighted by Crippen LogP contribution is 2.38. The van der Waals surface area contributed by atoms with Gasteiger partial charge >= 0.3 is 0 Å². The SMILES string of the molecule is CC1=NC2(CCc3c(cccc3-c3cscn3)C2)CO1. The summed E-state index contributed by atoms with van der Waals surface area (Å²) in [4.78, 5) is 9.21. The van der Waals surface area contributed by atoms with Crippen molar-refractivity contribution in [3.05, 3.63) is 40.2 Å². The Kier molecular flexibility index (Phi) is 2.67. The van der Waals surface area contributed by atoms with Gasteiger partial charge in [0.05, 0.1) is 11.2 Å². The molecule has 20 heavy (non-hydrogen) atoms. The molecule has 1 aliphatic carbocycles. The average molecular weight is 284 g/mol. The van der Waals surface area contributed by atoms with Crippen molar-refractivity contribution in [2.75, 3.05) is 6.61 Å². The zero-order valence-corrected chi connectivity index (χ0v) is 12.2. The van der Waals surface area contributed by atoms with Crippen LogP contribution in [0.15, 0.2) is 34.1 Å². The van der Waals surface area contributed by atoms with Gasteiger partial charge in [-0.2, -0.15) is 0 Å². The quantitative estimate of drug-likeness (QED) is 0.803. The molecule has 0 fully saturated rings. The molecule has 0 bridgehead atoms. The molecular formula is C16H16N2OS. The lowest BCUT2D eigenvalue weighted by molar-refractivity contribution is 0.236. The van der Waals surface area contributed by atoms with Gasteiger partial charge in [0.1, 0.15) is 12.1 Å². The van der Waals surface area contributed by atoms with Gasteiger partial charge in [0.15, 0.2) is 5.90 Å². The number of ether oxygens (including phenoxy) is 1. The highest BCUT2D eigenvalue weighted by molar-refractivity contribution is 7.07. The first-order valence-electron chi connectivity index (χ1n) is 6.94. The van der Waals surface area contributed by atoms with Crippen molar-refractivity contribution in [1.82, 2.24) is 4.98 Å². The Morgan fingerprint density at radius 2 is 2.30 bits per heavy atom. The summed E-state index contributed by atoms with van der Waals surface area (Å²) in [6.45, 7) is 2.69. The van der Waals surface area contributed by atoms with Gasteiger partial charge in [0.25, 0.3) is 0 Å². The minimum absolute atomic E-state index is 0.0161. The van der Waals surface area contributed by atoms with E-state index in [1.807, 2.05) is 12.4 Å². The Balaban J connectivity index is 1.76. The van der Waals surface area contributed by atoms with Crippen molar-refractivity contribution in [3.63, 3.8) is 0 Å². The molecule has 1 aliphatic heterocycles. The lowest BCUT2D eigenvalue weighted by atomic mass is 9.77. The van der Waals surface area contributed by atoms with E-state index in [-0.39, 0.29) is 5.54 Å². The van der Waals surface area contributed by atoms with E-state index in [9.17, 15) is 0 Å². The van der Waals surface area contributed by atoms with Crippen LogP contribution in [-0.4, -0.2) is 23.0 Å². The predicted molar refractivity (Wildman–Crippen MR) is 81.4 cm³/mol. The summed E-state index contributed by atoms with van der Waals surface area (Å²) in [5, 5.41) is 2.13. The zero-order valence-electron chi connectivity index (χ0n) is 11.4. The van der Waals surface area contributed by atoms with Crippen LogP contribution in [0.3, 0.4) is 0 Å². The molecule has 1 spiro atoms. The maximum atomic E-state index is 5.60. The van der Waals surface area contributed by atoms with Crippen LogP contribution < -0.4 is 0 Å². The van der Waals surface area contributed by atoms with E-state index in [2.05, 4.69) is 28.6 Å². The summed E-state index contributed by atoms with van der Waals surface area (Å²) in [6.07, 6.45) is 3.11. The van der Waals surface area contributed by atoms with Crippen molar-refractivity contribution in [1.29, 1.82) is 0 Å². The molecule has 3 nitrogen and oxygen atoms in total. The Hall–Kier alpha value is -1.68. The van der Waals surface area contributed by atoms with Gasteiger partial charge in [-0.05, 0) is 24.0 Å². The number of fused-ring (bicyclic) bond motifs is 1. The van der Waals surface area contributed by atoms with Gasteiger partial charge in [0, 0.05) is 24.3 Å². The first-order chi connectivity index (χ1) is 9.76. The number of rotatable bonds is 1. The second kappa shape index (κ2) is 4.42. The molecule has 4 rings (SSSR count). The third-order valence-corrected chi connectivity index (χ3v) is 4.87. The Morgan fingerprint density at radius 1 is 1.35 bits per heavy atom. The predicted octanol–water partition coefficient (Wildman–Crippen LogP) is 3.49. The highest BCUT2D eigenvalue weighted by Gasteiger charge is 2.39. The number of hydrogen-bond acceptors (Lipinski definition) is 4. The molecule has 2 aliphatic rings. The van der Waals surface area contributed by atoms with E-state index in [1.165, 1.54) is 16.7 Å². The molecule has 0 saturated heterocycles. The van der Waals surface area contributed by atoms with E-state index in [0.29, 0.717) is 0 Å². The molecule has 2 heterocycles. The van der Waals surface area contributed by atoms with E-state index in [4.69, 9.17) is 9.73 Å². The van der Waals surface area contributed by atoms with Gasteiger partial charge in [-0.3, -0.25) is 0 Å². The lowest BCUT2D eigenvalue weighted by Crippen LogP contribution is -2.35. The van der Waals surface area contributed by atoms with Crippen LogP contribution in [0.1, 0.15) is 24.5 Å². The first kappa shape index (κ1) is 12.1. The molecule has 2 aromatic rings. The smallest absolute Gasteiger partial charge is 0.180 e. The molecule has 4 heteroatoms. The second-order valence-electron chi connectivity index (χ2n) is 5.64. The summed E-state index contributed by atoms with van der Waals surface area (Å²) in [6, 6.07) is 6.56. The van der Waals surface area contributed by atoms with E-state index >= 15 is 0 Å². The molecule has 0 amide bonds. The number of benzene rings is 1. The third-order valence-electron chi connectivity index (χ3n) is 4.29. The van der Waals surface area contributed by atoms with Crippen LogP contribution in [0.5, 0.6) is 0 Å². The normalized spacial score (nSPS) is 24.4. The Bertz CT molecular complexity index is 678. The topological polar surface area (TPSA) is 34.5 Å². The second-order valence-corrected chi connectivity index (χ2v) is 6.36. The fraction of sp³-hybridized carbons (Fsp3) is 0.375.